The molecule has 98 valence electrons. The molecule has 1 aliphatic rings. The zero-order valence-corrected chi connectivity index (χ0v) is 10.9. The standard InChI is InChI=1S/C15H21NO2/c1-12-7-3-4-8-13(12)11-16-15(14(17)18)9-5-2-6-10-15/h3-4,7-8,16H,2,5-6,9-11H2,1H3,(H,17,18). The van der Waals surface area contributed by atoms with E-state index in [-0.39, 0.29) is 0 Å². The molecule has 3 heteroatoms. The molecule has 1 aliphatic carbocycles. The third-order valence-electron chi connectivity index (χ3n) is 3.99. The minimum absolute atomic E-state index is 0.638. The van der Waals surface area contributed by atoms with Crippen LogP contribution in [0.2, 0.25) is 0 Å². The Morgan fingerprint density at radius 1 is 1.28 bits per heavy atom. The fraction of sp³-hybridized carbons (Fsp3) is 0.533. The van der Waals surface area contributed by atoms with Crippen LogP contribution in [0.25, 0.3) is 0 Å². The molecule has 1 fully saturated rings. The lowest BCUT2D eigenvalue weighted by atomic mass is 9.81. The van der Waals surface area contributed by atoms with E-state index in [0.29, 0.717) is 6.54 Å². The van der Waals surface area contributed by atoms with Gasteiger partial charge in [0.15, 0.2) is 0 Å². The molecule has 1 aromatic rings. The number of carboxylic acid groups (broad SMARTS) is 1. The Kier molecular flexibility index (Phi) is 4.02. The molecule has 0 atom stereocenters. The Bertz CT molecular complexity index is 422. The number of aryl methyl sites for hydroxylation is 1. The van der Waals surface area contributed by atoms with Crippen molar-refractivity contribution in [3.05, 3.63) is 35.4 Å². The summed E-state index contributed by atoms with van der Waals surface area (Å²) in [7, 11) is 0. The van der Waals surface area contributed by atoms with Gasteiger partial charge in [0.1, 0.15) is 5.54 Å². The number of benzene rings is 1. The van der Waals surface area contributed by atoms with Crippen molar-refractivity contribution in [2.24, 2.45) is 0 Å². The SMILES string of the molecule is Cc1ccccc1CNC1(C(=O)O)CCCCC1. The predicted octanol–water partition coefficient (Wildman–Crippen LogP) is 2.87. The van der Waals surface area contributed by atoms with Crippen molar-refractivity contribution in [3.63, 3.8) is 0 Å². The van der Waals surface area contributed by atoms with Crippen LogP contribution < -0.4 is 5.32 Å². The first-order valence-corrected chi connectivity index (χ1v) is 6.67. The minimum atomic E-state index is -0.708. The number of aliphatic carboxylic acids is 1. The Labute approximate surface area is 108 Å². The molecule has 1 saturated carbocycles. The van der Waals surface area contributed by atoms with Crippen molar-refractivity contribution in [2.45, 2.75) is 51.1 Å². The molecule has 0 aliphatic heterocycles. The van der Waals surface area contributed by atoms with Crippen LogP contribution in [0.15, 0.2) is 24.3 Å². The van der Waals surface area contributed by atoms with E-state index in [4.69, 9.17) is 0 Å². The molecule has 3 nitrogen and oxygen atoms in total. The van der Waals surface area contributed by atoms with E-state index in [9.17, 15) is 9.90 Å². The Balaban J connectivity index is 2.06. The third kappa shape index (κ3) is 2.72. The van der Waals surface area contributed by atoms with Gasteiger partial charge in [-0.15, -0.1) is 0 Å². The second-order valence-corrected chi connectivity index (χ2v) is 5.23. The molecule has 18 heavy (non-hydrogen) atoms. The van der Waals surface area contributed by atoms with E-state index in [0.717, 1.165) is 32.1 Å². The lowest BCUT2D eigenvalue weighted by Gasteiger charge is -2.34. The van der Waals surface area contributed by atoms with Gasteiger partial charge in [0.05, 0.1) is 0 Å². The molecule has 2 rings (SSSR count). The van der Waals surface area contributed by atoms with Gasteiger partial charge in [-0.25, -0.2) is 0 Å². The smallest absolute Gasteiger partial charge is 0.323 e. The molecule has 2 N–H and O–H groups in total. The Morgan fingerprint density at radius 2 is 1.94 bits per heavy atom. The van der Waals surface area contributed by atoms with Crippen LogP contribution in [0.5, 0.6) is 0 Å². The number of carbonyl (C=O) groups is 1. The fourth-order valence-electron chi connectivity index (χ4n) is 2.69. The number of nitrogens with one attached hydrogen (secondary N) is 1. The molecule has 0 amide bonds. The Morgan fingerprint density at radius 3 is 2.56 bits per heavy atom. The summed E-state index contributed by atoms with van der Waals surface area (Å²) in [6, 6.07) is 8.12. The van der Waals surface area contributed by atoms with E-state index in [1.54, 1.807) is 0 Å². The highest BCUT2D eigenvalue weighted by Gasteiger charge is 2.38. The quantitative estimate of drug-likeness (QED) is 0.860. The number of hydrogen-bond donors (Lipinski definition) is 2. The van der Waals surface area contributed by atoms with E-state index in [2.05, 4.69) is 24.4 Å². The van der Waals surface area contributed by atoms with Gasteiger partial charge >= 0.3 is 5.97 Å². The average Bonchev–Trinajstić information content (AvgIpc) is 2.39. The maximum absolute atomic E-state index is 11.5. The zero-order valence-electron chi connectivity index (χ0n) is 10.9. The molecular formula is C15H21NO2. The number of rotatable bonds is 4. The van der Waals surface area contributed by atoms with E-state index < -0.39 is 11.5 Å². The van der Waals surface area contributed by atoms with Gasteiger partial charge in [0, 0.05) is 6.54 Å². The van der Waals surface area contributed by atoms with Gasteiger partial charge in [-0.2, -0.15) is 0 Å². The van der Waals surface area contributed by atoms with Crippen molar-refractivity contribution in [1.29, 1.82) is 0 Å². The van der Waals surface area contributed by atoms with Gasteiger partial charge < -0.3 is 5.11 Å². The summed E-state index contributed by atoms with van der Waals surface area (Å²) in [5, 5.41) is 12.8. The highest BCUT2D eigenvalue weighted by molar-refractivity contribution is 5.78. The van der Waals surface area contributed by atoms with Crippen molar-refractivity contribution in [3.8, 4) is 0 Å². The number of carboxylic acids is 1. The van der Waals surface area contributed by atoms with E-state index in [1.807, 2.05) is 12.1 Å². The topological polar surface area (TPSA) is 49.3 Å². The van der Waals surface area contributed by atoms with Crippen molar-refractivity contribution in [2.75, 3.05) is 0 Å². The maximum atomic E-state index is 11.5. The molecule has 0 unspecified atom stereocenters. The van der Waals surface area contributed by atoms with Crippen molar-refractivity contribution >= 4 is 5.97 Å². The molecule has 0 spiro atoms. The summed E-state index contributed by atoms with van der Waals surface area (Å²) >= 11 is 0. The van der Waals surface area contributed by atoms with Crippen LogP contribution in [0, 0.1) is 6.92 Å². The lowest BCUT2D eigenvalue weighted by Crippen LogP contribution is -2.52. The molecule has 0 radical (unpaired) electrons. The largest absolute Gasteiger partial charge is 0.480 e. The number of hydrogen-bond acceptors (Lipinski definition) is 2. The van der Waals surface area contributed by atoms with E-state index in [1.165, 1.54) is 11.1 Å². The van der Waals surface area contributed by atoms with Gasteiger partial charge in [0.25, 0.3) is 0 Å². The van der Waals surface area contributed by atoms with Crippen LogP contribution in [0.1, 0.15) is 43.2 Å². The first kappa shape index (κ1) is 13.1. The van der Waals surface area contributed by atoms with Gasteiger partial charge in [0.2, 0.25) is 0 Å². The third-order valence-corrected chi connectivity index (χ3v) is 3.99. The second-order valence-electron chi connectivity index (χ2n) is 5.23. The lowest BCUT2D eigenvalue weighted by molar-refractivity contribution is -0.146. The summed E-state index contributed by atoms with van der Waals surface area (Å²) < 4.78 is 0. The molecule has 0 bridgehead atoms. The summed E-state index contributed by atoms with van der Waals surface area (Å²) in [4.78, 5) is 11.5. The second kappa shape index (κ2) is 5.53. The van der Waals surface area contributed by atoms with Crippen LogP contribution in [-0.2, 0) is 11.3 Å². The van der Waals surface area contributed by atoms with Crippen molar-refractivity contribution < 1.29 is 9.90 Å². The van der Waals surface area contributed by atoms with Gasteiger partial charge in [-0.1, -0.05) is 43.5 Å². The highest BCUT2D eigenvalue weighted by atomic mass is 16.4. The molecule has 1 aromatic carbocycles. The van der Waals surface area contributed by atoms with Crippen LogP contribution in [0.3, 0.4) is 0 Å². The Hall–Kier alpha value is -1.35. The molecule has 0 aromatic heterocycles. The van der Waals surface area contributed by atoms with E-state index >= 15 is 0 Å². The summed E-state index contributed by atoms with van der Waals surface area (Å²) in [6.45, 7) is 2.70. The molecule has 0 heterocycles. The first-order valence-electron chi connectivity index (χ1n) is 6.67. The zero-order chi connectivity index (χ0) is 13.0. The average molecular weight is 247 g/mol. The normalized spacial score (nSPS) is 18.5. The van der Waals surface area contributed by atoms with Crippen LogP contribution in [-0.4, -0.2) is 16.6 Å². The highest BCUT2D eigenvalue weighted by Crippen LogP contribution is 2.29. The summed E-state index contributed by atoms with van der Waals surface area (Å²) in [5.74, 6) is -0.698. The maximum Gasteiger partial charge on any atom is 0.323 e. The molecule has 0 saturated heterocycles. The minimum Gasteiger partial charge on any atom is -0.480 e. The van der Waals surface area contributed by atoms with Gasteiger partial charge in [-0.05, 0) is 30.9 Å². The fourth-order valence-corrected chi connectivity index (χ4v) is 2.69. The first-order chi connectivity index (χ1) is 8.64. The summed E-state index contributed by atoms with van der Waals surface area (Å²) in [5.41, 5.74) is 1.69. The molecular weight excluding hydrogens is 226 g/mol. The monoisotopic (exact) mass is 247 g/mol. The predicted molar refractivity (Wildman–Crippen MR) is 71.5 cm³/mol. The van der Waals surface area contributed by atoms with Crippen LogP contribution in [0.4, 0.5) is 0 Å². The van der Waals surface area contributed by atoms with Crippen molar-refractivity contribution in [1.82, 2.24) is 5.32 Å². The van der Waals surface area contributed by atoms with Gasteiger partial charge in [-0.3, -0.25) is 10.1 Å². The summed E-state index contributed by atoms with van der Waals surface area (Å²) in [6.07, 6.45) is 4.66. The van der Waals surface area contributed by atoms with Crippen LogP contribution >= 0.6 is 0 Å².